The number of hydrogen-bond acceptors (Lipinski definition) is 3. The Morgan fingerprint density at radius 2 is 2.36 bits per heavy atom. The second-order valence-corrected chi connectivity index (χ2v) is 2.84. The predicted octanol–water partition coefficient (Wildman–Crippen LogP) is 1.45. The van der Waals surface area contributed by atoms with E-state index in [4.69, 9.17) is 4.84 Å². The van der Waals surface area contributed by atoms with E-state index in [0.717, 1.165) is 19.5 Å². The molecule has 0 amide bonds. The van der Waals surface area contributed by atoms with E-state index in [9.17, 15) is 4.79 Å². The Bertz CT molecular complexity index is 166. The second kappa shape index (κ2) is 4.51. The highest BCUT2D eigenvalue weighted by atomic mass is 79.9. The Morgan fingerprint density at radius 1 is 1.64 bits per heavy atom. The van der Waals surface area contributed by atoms with Crippen molar-refractivity contribution >= 4 is 21.9 Å². The van der Waals surface area contributed by atoms with Crippen molar-refractivity contribution in [3.63, 3.8) is 0 Å². The summed E-state index contributed by atoms with van der Waals surface area (Å²) in [5, 5.41) is 1.67. The maximum Gasteiger partial charge on any atom is 0.328 e. The fourth-order valence-corrected chi connectivity index (χ4v) is 0.887. The summed E-state index contributed by atoms with van der Waals surface area (Å²) in [6, 6.07) is 0. The number of hydroxylamine groups is 2. The Kier molecular flexibility index (Phi) is 3.59. The average Bonchev–Trinajstić information content (AvgIpc) is 1.93. The van der Waals surface area contributed by atoms with Crippen LogP contribution in [-0.2, 0) is 9.63 Å². The van der Waals surface area contributed by atoms with E-state index < -0.39 is 0 Å². The zero-order valence-corrected chi connectivity index (χ0v) is 7.71. The summed E-state index contributed by atoms with van der Waals surface area (Å²) in [5.41, 5.74) is 0. The lowest BCUT2D eigenvalue weighted by Gasteiger charge is -2.28. The smallest absolute Gasteiger partial charge is 0.328 e. The summed E-state index contributed by atoms with van der Waals surface area (Å²) >= 11 is 3.07. The number of halogens is 1. The van der Waals surface area contributed by atoms with Gasteiger partial charge in [-0.1, -0.05) is 22.0 Å². The fraction of sp³-hybridized carbons (Fsp3) is 0.571. The van der Waals surface area contributed by atoms with Crippen molar-refractivity contribution in [2.45, 2.75) is 12.8 Å². The molecule has 1 aliphatic rings. The molecule has 0 bridgehead atoms. The SMILES string of the molecule is O=C(CC=CBr)ON1CCC1. The summed E-state index contributed by atoms with van der Waals surface area (Å²) in [5.74, 6) is -0.194. The molecule has 0 radical (unpaired) electrons. The summed E-state index contributed by atoms with van der Waals surface area (Å²) in [6.45, 7) is 1.76. The van der Waals surface area contributed by atoms with Crippen molar-refractivity contribution < 1.29 is 9.63 Å². The minimum absolute atomic E-state index is 0.194. The molecule has 0 aromatic heterocycles. The fourth-order valence-electron chi connectivity index (χ4n) is 0.701. The van der Waals surface area contributed by atoms with Gasteiger partial charge in [0.2, 0.25) is 0 Å². The van der Waals surface area contributed by atoms with E-state index in [1.807, 2.05) is 0 Å². The molecule has 62 valence electrons. The summed E-state index contributed by atoms with van der Waals surface area (Å²) in [4.78, 5) is 17.4. The van der Waals surface area contributed by atoms with E-state index in [0.29, 0.717) is 6.42 Å². The molecular formula is C7H10BrNO2. The molecule has 3 nitrogen and oxygen atoms in total. The quantitative estimate of drug-likeness (QED) is 0.720. The molecule has 1 aliphatic heterocycles. The molecule has 0 N–H and O–H groups in total. The van der Waals surface area contributed by atoms with Gasteiger partial charge in [0.15, 0.2) is 0 Å². The highest BCUT2D eigenvalue weighted by Gasteiger charge is 2.17. The zero-order chi connectivity index (χ0) is 8.10. The van der Waals surface area contributed by atoms with Crippen molar-refractivity contribution in [3.8, 4) is 0 Å². The molecule has 0 atom stereocenters. The number of rotatable bonds is 3. The van der Waals surface area contributed by atoms with E-state index >= 15 is 0 Å². The van der Waals surface area contributed by atoms with Crippen LogP contribution in [0, 0.1) is 0 Å². The van der Waals surface area contributed by atoms with E-state index in [1.54, 1.807) is 16.1 Å². The minimum atomic E-state index is -0.194. The third-order valence-electron chi connectivity index (χ3n) is 1.42. The van der Waals surface area contributed by atoms with Crippen LogP contribution in [0.2, 0.25) is 0 Å². The molecule has 1 heterocycles. The molecule has 1 fully saturated rings. The van der Waals surface area contributed by atoms with Crippen molar-refractivity contribution in [3.05, 3.63) is 11.1 Å². The summed E-state index contributed by atoms with van der Waals surface area (Å²) in [7, 11) is 0. The van der Waals surface area contributed by atoms with Crippen molar-refractivity contribution in [1.82, 2.24) is 5.06 Å². The first-order valence-corrected chi connectivity index (χ1v) is 4.45. The summed E-state index contributed by atoms with van der Waals surface area (Å²) in [6.07, 6.45) is 3.17. The highest BCUT2D eigenvalue weighted by molar-refractivity contribution is 9.11. The third-order valence-corrected chi connectivity index (χ3v) is 1.79. The largest absolute Gasteiger partial charge is 0.368 e. The van der Waals surface area contributed by atoms with E-state index in [1.165, 1.54) is 0 Å². The molecule has 1 rings (SSSR count). The zero-order valence-electron chi connectivity index (χ0n) is 6.12. The topological polar surface area (TPSA) is 29.5 Å². The summed E-state index contributed by atoms with van der Waals surface area (Å²) < 4.78 is 0. The molecule has 0 spiro atoms. The Morgan fingerprint density at radius 3 is 2.82 bits per heavy atom. The molecule has 4 heteroatoms. The number of carbonyl (C=O) groups excluding carboxylic acids is 1. The van der Waals surface area contributed by atoms with Gasteiger partial charge in [0.1, 0.15) is 0 Å². The average molecular weight is 220 g/mol. The lowest BCUT2D eigenvalue weighted by molar-refractivity contribution is -0.206. The normalized spacial score (nSPS) is 18.3. The minimum Gasteiger partial charge on any atom is -0.368 e. The van der Waals surface area contributed by atoms with Gasteiger partial charge in [0, 0.05) is 13.1 Å². The molecular weight excluding hydrogens is 210 g/mol. The van der Waals surface area contributed by atoms with Crippen LogP contribution in [0.4, 0.5) is 0 Å². The lowest BCUT2D eigenvalue weighted by Crippen LogP contribution is -2.38. The van der Waals surface area contributed by atoms with Crippen molar-refractivity contribution in [2.75, 3.05) is 13.1 Å². The lowest BCUT2D eigenvalue weighted by atomic mass is 10.3. The van der Waals surface area contributed by atoms with Crippen LogP contribution in [0.15, 0.2) is 11.1 Å². The van der Waals surface area contributed by atoms with Gasteiger partial charge in [-0.15, -0.1) is 5.06 Å². The molecule has 0 unspecified atom stereocenters. The van der Waals surface area contributed by atoms with E-state index in [-0.39, 0.29) is 5.97 Å². The van der Waals surface area contributed by atoms with Gasteiger partial charge in [0.05, 0.1) is 6.42 Å². The predicted molar refractivity (Wildman–Crippen MR) is 45.0 cm³/mol. The van der Waals surface area contributed by atoms with Gasteiger partial charge >= 0.3 is 5.97 Å². The van der Waals surface area contributed by atoms with Crippen LogP contribution in [0.25, 0.3) is 0 Å². The van der Waals surface area contributed by atoms with Crippen LogP contribution < -0.4 is 0 Å². The maximum absolute atomic E-state index is 10.9. The molecule has 1 saturated heterocycles. The van der Waals surface area contributed by atoms with Crippen LogP contribution in [-0.4, -0.2) is 24.1 Å². The number of nitrogens with zero attached hydrogens (tertiary/aromatic N) is 1. The van der Waals surface area contributed by atoms with Crippen LogP contribution >= 0.6 is 15.9 Å². The van der Waals surface area contributed by atoms with Gasteiger partial charge in [0.25, 0.3) is 0 Å². The molecule has 0 aromatic rings. The van der Waals surface area contributed by atoms with Crippen molar-refractivity contribution in [1.29, 1.82) is 0 Å². The van der Waals surface area contributed by atoms with E-state index in [2.05, 4.69) is 15.9 Å². The Balaban J connectivity index is 2.09. The van der Waals surface area contributed by atoms with Gasteiger partial charge in [-0.05, 0) is 11.4 Å². The maximum atomic E-state index is 10.9. The Hall–Kier alpha value is -0.350. The van der Waals surface area contributed by atoms with Crippen LogP contribution in [0.5, 0.6) is 0 Å². The Labute approximate surface area is 74.1 Å². The molecule has 0 aromatic carbocycles. The number of carbonyl (C=O) groups is 1. The first-order valence-electron chi connectivity index (χ1n) is 3.54. The van der Waals surface area contributed by atoms with Gasteiger partial charge in [-0.2, -0.15) is 0 Å². The van der Waals surface area contributed by atoms with Gasteiger partial charge in [-0.3, -0.25) is 4.79 Å². The number of hydrogen-bond donors (Lipinski definition) is 0. The molecule has 0 saturated carbocycles. The van der Waals surface area contributed by atoms with Gasteiger partial charge in [-0.25, -0.2) is 0 Å². The first-order chi connectivity index (χ1) is 5.33. The molecule has 0 aliphatic carbocycles. The first kappa shape index (κ1) is 8.74. The highest BCUT2D eigenvalue weighted by Crippen LogP contribution is 2.07. The van der Waals surface area contributed by atoms with Crippen molar-refractivity contribution in [2.24, 2.45) is 0 Å². The standard InChI is InChI=1S/C7H10BrNO2/c8-4-1-3-7(10)11-9-5-2-6-9/h1,4H,2-3,5-6H2. The van der Waals surface area contributed by atoms with Gasteiger partial charge < -0.3 is 4.84 Å². The van der Waals surface area contributed by atoms with Crippen LogP contribution in [0.3, 0.4) is 0 Å². The second-order valence-electron chi connectivity index (χ2n) is 2.31. The molecule has 11 heavy (non-hydrogen) atoms. The third kappa shape index (κ3) is 3.03. The monoisotopic (exact) mass is 219 g/mol. The van der Waals surface area contributed by atoms with Crippen LogP contribution in [0.1, 0.15) is 12.8 Å².